The van der Waals surface area contributed by atoms with Gasteiger partial charge in [0, 0.05) is 48.3 Å². The van der Waals surface area contributed by atoms with Crippen LogP contribution in [-0.4, -0.2) is 55.6 Å². The molecule has 0 fully saturated rings. The van der Waals surface area contributed by atoms with Crippen LogP contribution in [0.4, 0.5) is 10.9 Å². The topological polar surface area (TPSA) is 123 Å². The summed E-state index contributed by atoms with van der Waals surface area (Å²) in [5, 5.41) is 22.3. The summed E-state index contributed by atoms with van der Waals surface area (Å²) in [5.74, 6) is 2.65. The lowest BCUT2D eigenvalue weighted by Crippen LogP contribution is -2.04. The Hall–Kier alpha value is -2.31. The minimum atomic E-state index is -1.12. The minimum absolute atomic E-state index is 0.154. The summed E-state index contributed by atoms with van der Waals surface area (Å²) >= 11 is 2.72. The van der Waals surface area contributed by atoms with Gasteiger partial charge in [-0.2, -0.15) is 4.37 Å². The number of aliphatic hydroxyl groups is 2. The molecule has 3 heterocycles. The van der Waals surface area contributed by atoms with Crippen molar-refractivity contribution in [2.45, 2.75) is 24.3 Å². The third kappa shape index (κ3) is 6.09. The van der Waals surface area contributed by atoms with E-state index in [2.05, 4.69) is 24.6 Å². The van der Waals surface area contributed by atoms with Crippen LogP contribution in [0, 0.1) is 6.92 Å². The zero-order valence-electron chi connectivity index (χ0n) is 16.6. The maximum absolute atomic E-state index is 9.69. The summed E-state index contributed by atoms with van der Waals surface area (Å²) in [4.78, 5) is 13.9. The molecule has 1 atom stereocenters. The predicted octanol–water partition coefficient (Wildman–Crippen LogP) is 3.33. The van der Waals surface area contributed by atoms with Crippen LogP contribution in [0.5, 0.6) is 11.5 Å². The van der Waals surface area contributed by atoms with Crippen molar-refractivity contribution in [3.8, 4) is 11.5 Å². The largest absolute Gasteiger partial charge is 0.452 e. The molecular formula is C19H23N5O4S2. The van der Waals surface area contributed by atoms with Gasteiger partial charge in [0.1, 0.15) is 11.9 Å². The van der Waals surface area contributed by atoms with Gasteiger partial charge in [-0.15, -0.1) is 11.8 Å². The number of nitrogens with zero attached hydrogens (tertiary/aromatic N) is 4. The number of nitrogens with one attached hydrogen (secondary N) is 1. The molecule has 30 heavy (non-hydrogen) atoms. The van der Waals surface area contributed by atoms with Crippen LogP contribution in [-0.2, 0) is 4.74 Å². The molecule has 9 nitrogen and oxygen atoms in total. The number of hydrogen-bond acceptors (Lipinski definition) is 11. The highest BCUT2D eigenvalue weighted by molar-refractivity contribution is 7.99. The summed E-state index contributed by atoms with van der Waals surface area (Å²) in [5.41, 5.74) is 0.755. The number of rotatable bonds is 11. The molecule has 0 spiro atoms. The lowest BCUT2D eigenvalue weighted by Gasteiger charge is -2.13. The fraction of sp³-hybridized carbons (Fsp3) is 0.368. The van der Waals surface area contributed by atoms with E-state index in [9.17, 15) is 5.11 Å². The summed E-state index contributed by atoms with van der Waals surface area (Å²) < 4.78 is 15.2. The molecule has 0 amide bonds. The number of hydrogen-bond donors (Lipinski definition) is 3. The van der Waals surface area contributed by atoms with Crippen molar-refractivity contribution in [1.82, 2.24) is 19.3 Å². The summed E-state index contributed by atoms with van der Waals surface area (Å²) in [6.45, 7) is 2.13. The molecular weight excluding hydrogens is 426 g/mol. The Labute approximate surface area is 182 Å². The number of pyridine rings is 2. The Morgan fingerprint density at radius 1 is 1.30 bits per heavy atom. The molecule has 160 valence electrons. The average Bonchev–Trinajstić information content (AvgIpc) is 3.22. The van der Waals surface area contributed by atoms with Gasteiger partial charge in [0.25, 0.3) is 0 Å². The fourth-order valence-corrected chi connectivity index (χ4v) is 3.80. The Balaban J connectivity index is 1.83. The molecule has 0 saturated carbocycles. The van der Waals surface area contributed by atoms with E-state index in [1.165, 1.54) is 0 Å². The number of aliphatic hydroxyl groups excluding tert-OH is 2. The Kier molecular flexibility index (Phi) is 8.34. The summed E-state index contributed by atoms with van der Waals surface area (Å²) in [6.07, 6.45) is 3.27. The lowest BCUT2D eigenvalue weighted by atomic mass is 10.3. The number of anilines is 2. The number of methoxy groups -OCH3 is 1. The fourth-order valence-electron chi connectivity index (χ4n) is 2.37. The quantitative estimate of drug-likeness (QED) is 0.297. The van der Waals surface area contributed by atoms with Gasteiger partial charge in [0.15, 0.2) is 17.4 Å². The normalized spacial score (nSPS) is 12.0. The molecule has 3 rings (SSSR count). The van der Waals surface area contributed by atoms with Crippen molar-refractivity contribution < 1.29 is 19.7 Å². The van der Waals surface area contributed by atoms with E-state index in [4.69, 9.17) is 14.6 Å². The van der Waals surface area contributed by atoms with Crippen LogP contribution >= 0.6 is 23.3 Å². The van der Waals surface area contributed by atoms with Crippen LogP contribution in [0.25, 0.3) is 0 Å². The first-order valence-corrected chi connectivity index (χ1v) is 11.0. The van der Waals surface area contributed by atoms with E-state index in [-0.39, 0.29) is 5.82 Å². The monoisotopic (exact) mass is 449 g/mol. The van der Waals surface area contributed by atoms with Gasteiger partial charge in [-0.05, 0) is 31.5 Å². The Morgan fingerprint density at radius 3 is 2.93 bits per heavy atom. The Bertz CT molecular complexity index is 956. The van der Waals surface area contributed by atoms with Gasteiger partial charge in [-0.25, -0.2) is 9.97 Å². The van der Waals surface area contributed by atoms with E-state index in [0.717, 1.165) is 34.3 Å². The maximum atomic E-state index is 9.69. The molecule has 0 aromatic carbocycles. The van der Waals surface area contributed by atoms with Gasteiger partial charge in [0.2, 0.25) is 5.13 Å². The Morgan fingerprint density at radius 2 is 2.17 bits per heavy atom. The van der Waals surface area contributed by atoms with Crippen LogP contribution in [0.15, 0.2) is 35.5 Å². The SMILES string of the molecule is COCCCSc1cnc(Nc2nc(C(O)CO)ns2)c(Oc2cccnc2C)c1. The van der Waals surface area contributed by atoms with E-state index in [1.807, 2.05) is 19.1 Å². The van der Waals surface area contributed by atoms with Gasteiger partial charge in [-0.3, -0.25) is 4.98 Å². The first kappa shape index (κ1) is 22.4. The van der Waals surface area contributed by atoms with Gasteiger partial charge in [-0.1, -0.05) is 0 Å². The second-order valence-electron chi connectivity index (χ2n) is 6.18. The minimum Gasteiger partial charge on any atom is -0.452 e. The number of aromatic nitrogens is 4. The number of thioether (sulfide) groups is 1. The summed E-state index contributed by atoms with van der Waals surface area (Å²) in [6, 6.07) is 5.55. The molecule has 0 aliphatic rings. The average molecular weight is 450 g/mol. The number of aryl methyl sites for hydroxylation is 1. The summed E-state index contributed by atoms with van der Waals surface area (Å²) in [7, 11) is 1.69. The molecule has 0 aliphatic carbocycles. The van der Waals surface area contributed by atoms with E-state index in [1.54, 1.807) is 37.3 Å². The van der Waals surface area contributed by atoms with Crippen LogP contribution in [0.2, 0.25) is 0 Å². The number of ether oxygens (including phenoxy) is 2. The maximum Gasteiger partial charge on any atom is 0.208 e. The van der Waals surface area contributed by atoms with Crippen LogP contribution < -0.4 is 10.1 Å². The lowest BCUT2D eigenvalue weighted by molar-refractivity contribution is 0.0897. The van der Waals surface area contributed by atoms with Crippen LogP contribution in [0.3, 0.4) is 0 Å². The zero-order valence-corrected chi connectivity index (χ0v) is 18.2. The van der Waals surface area contributed by atoms with Gasteiger partial charge < -0.3 is 25.0 Å². The molecule has 0 aliphatic heterocycles. The molecule has 3 N–H and O–H groups in total. The van der Waals surface area contributed by atoms with Crippen molar-refractivity contribution in [3.63, 3.8) is 0 Å². The van der Waals surface area contributed by atoms with Gasteiger partial charge in [0.05, 0.1) is 12.3 Å². The highest BCUT2D eigenvalue weighted by Crippen LogP contribution is 2.35. The highest BCUT2D eigenvalue weighted by atomic mass is 32.2. The smallest absolute Gasteiger partial charge is 0.208 e. The molecule has 11 heteroatoms. The molecule has 3 aromatic heterocycles. The van der Waals surface area contributed by atoms with Crippen molar-refractivity contribution in [2.24, 2.45) is 0 Å². The molecule has 3 aromatic rings. The third-order valence-corrected chi connectivity index (χ3v) is 5.60. The second kappa shape index (κ2) is 11.2. The molecule has 1 unspecified atom stereocenters. The van der Waals surface area contributed by atoms with Crippen molar-refractivity contribution in [1.29, 1.82) is 0 Å². The molecule has 0 radical (unpaired) electrons. The molecule has 0 bridgehead atoms. The second-order valence-corrected chi connectivity index (χ2v) is 8.10. The first-order chi connectivity index (χ1) is 14.6. The standard InChI is InChI=1S/C19H23N5O4S2/c1-12-15(5-3-6-20-12)28-16-9-13(29-8-4-7-27-2)10-21-18(16)23-19-22-17(24-30-19)14(26)11-25/h3,5-6,9-10,14,25-26H,4,7-8,11H2,1-2H3,(H,21,22,23,24). The van der Waals surface area contributed by atoms with E-state index >= 15 is 0 Å². The van der Waals surface area contributed by atoms with Crippen molar-refractivity contribution in [3.05, 3.63) is 42.1 Å². The molecule has 0 saturated heterocycles. The highest BCUT2D eigenvalue weighted by Gasteiger charge is 2.16. The van der Waals surface area contributed by atoms with Crippen LogP contribution in [0.1, 0.15) is 24.0 Å². The van der Waals surface area contributed by atoms with E-state index in [0.29, 0.717) is 29.1 Å². The predicted molar refractivity (Wildman–Crippen MR) is 116 cm³/mol. The van der Waals surface area contributed by atoms with E-state index < -0.39 is 12.7 Å². The van der Waals surface area contributed by atoms with Gasteiger partial charge >= 0.3 is 0 Å². The van der Waals surface area contributed by atoms with Crippen molar-refractivity contribution in [2.75, 3.05) is 31.4 Å². The zero-order chi connectivity index (χ0) is 21.3. The van der Waals surface area contributed by atoms with Crippen molar-refractivity contribution >= 4 is 34.2 Å². The first-order valence-electron chi connectivity index (χ1n) is 9.21. The third-order valence-electron chi connectivity index (χ3n) is 3.91.